The number of nitrogens with zero attached hydrogens (tertiary/aromatic N) is 2. The summed E-state index contributed by atoms with van der Waals surface area (Å²) in [5.41, 5.74) is -0.0195. The van der Waals surface area contributed by atoms with Crippen LogP contribution in [-0.4, -0.2) is 28.2 Å². The first-order valence-corrected chi connectivity index (χ1v) is 5.08. The van der Waals surface area contributed by atoms with Crippen LogP contribution in [0.4, 0.5) is 11.5 Å². The van der Waals surface area contributed by atoms with Crippen LogP contribution >= 0.6 is 0 Å². The van der Waals surface area contributed by atoms with Crippen molar-refractivity contribution in [2.75, 3.05) is 18.5 Å². The van der Waals surface area contributed by atoms with Crippen molar-refractivity contribution >= 4 is 11.5 Å². The van der Waals surface area contributed by atoms with Gasteiger partial charge in [0.15, 0.2) is 0 Å². The third-order valence-corrected chi connectivity index (χ3v) is 2.21. The predicted molar refractivity (Wildman–Crippen MR) is 60.2 cm³/mol. The van der Waals surface area contributed by atoms with Crippen LogP contribution in [0.2, 0.25) is 0 Å². The first kappa shape index (κ1) is 12.4. The monoisotopic (exact) mass is 225 g/mol. The average Bonchev–Trinajstić information content (AvgIpc) is 2.27. The SMILES string of the molecule is CC(CCO)CNc1ccc([N+](=O)[O-])cn1. The fourth-order valence-corrected chi connectivity index (χ4v) is 1.20. The fraction of sp³-hybridized carbons (Fsp3) is 0.500. The van der Waals surface area contributed by atoms with Gasteiger partial charge in [0.1, 0.15) is 12.0 Å². The van der Waals surface area contributed by atoms with Crippen LogP contribution in [-0.2, 0) is 0 Å². The van der Waals surface area contributed by atoms with E-state index in [9.17, 15) is 10.1 Å². The first-order valence-electron chi connectivity index (χ1n) is 5.08. The Hall–Kier alpha value is -1.69. The molecular weight excluding hydrogens is 210 g/mol. The fourth-order valence-electron chi connectivity index (χ4n) is 1.20. The molecule has 0 aromatic carbocycles. The van der Waals surface area contributed by atoms with Crippen molar-refractivity contribution in [1.29, 1.82) is 0 Å². The standard InChI is InChI=1S/C10H15N3O3/c1-8(4-5-14)6-11-10-3-2-9(7-12-10)13(15)16/h2-3,7-8,14H,4-6H2,1H3,(H,11,12). The second-order valence-electron chi connectivity index (χ2n) is 3.66. The molecule has 0 spiro atoms. The van der Waals surface area contributed by atoms with E-state index in [1.807, 2.05) is 6.92 Å². The minimum absolute atomic E-state index is 0.0195. The summed E-state index contributed by atoms with van der Waals surface area (Å²) in [5.74, 6) is 0.942. The van der Waals surface area contributed by atoms with E-state index in [1.54, 1.807) is 6.07 Å². The van der Waals surface area contributed by atoms with Gasteiger partial charge in [0.05, 0.1) is 4.92 Å². The lowest BCUT2D eigenvalue weighted by atomic mass is 10.1. The Kier molecular flexibility index (Phi) is 4.65. The lowest BCUT2D eigenvalue weighted by Crippen LogP contribution is -2.13. The van der Waals surface area contributed by atoms with Gasteiger partial charge >= 0.3 is 0 Å². The predicted octanol–water partition coefficient (Wildman–Crippen LogP) is 1.42. The molecule has 1 atom stereocenters. The molecule has 2 N–H and O–H groups in total. The van der Waals surface area contributed by atoms with Crippen molar-refractivity contribution in [3.63, 3.8) is 0 Å². The minimum atomic E-state index is -0.481. The number of nitro groups is 1. The Morgan fingerprint density at radius 3 is 2.88 bits per heavy atom. The summed E-state index contributed by atoms with van der Waals surface area (Å²) in [6.45, 7) is 2.86. The Morgan fingerprint density at radius 1 is 1.62 bits per heavy atom. The van der Waals surface area contributed by atoms with E-state index in [2.05, 4.69) is 10.3 Å². The molecule has 0 aliphatic carbocycles. The topological polar surface area (TPSA) is 88.3 Å². The van der Waals surface area contributed by atoms with Crippen LogP contribution in [0.1, 0.15) is 13.3 Å². The Morgan fingerprint density at radius 2 is 2.38 bits per heavy atom. The van der Waals surface area contributed by atoms with Gasteiger partial charge in [-0.05, 0) is 18.4 Å². The van der Waals surface area contributed by atoms with Gasteiger partial charge in [-0.2, -0.15) is 0 Å². The maximum atomic E-state index is 10.4. The number of aromatic nitrogens is 1. The van der Waals surface area contributed by atoms with Crippen LogP contribution in [0.5, 0.6) is 0 Å². The molecule has 0 saturated carbocycles. The molecule has 6 nitrogen and oxygen atoms in total. The van der Waals surface area contributed by atoms with Gasteiger partial charge in [-0.3, -0.25) is 10.1 Å². The number of hydrogen-bond acceptors (Lipinski definition) is 5. The molecule has 0 bridgehead atoms. The molecule has 0 aliphatic heterocycles. The summed E-state index contributed by atoms with van der Waals surface area (Å²) in [6.07, 6.45) is 1.94. The number of nitrogens with one attached hydrogen (secondary N) is 1. The second kappa shape index (κ2) is 6.02. The summed E-state index contributed by atoms with van der Waals surface area (Å²) in [5, 5.41) is 22.1. The Labute approximate surface area is 93.5 Å². The Balaban J connectivity index is 2.46. The van der Waals surface area contributed by atoms with Crippen molar-refractivity contribution < 1.29 is 10.0 Å². The molecule has 88 valence electrons. The lowest BCUT2D eigenvalue weighted by molar-refractivity contribution is -0.385. The number of aliphatic hydroxyl groups excluding tert-OH is 1. The van der Waals surface area contributed by atoms with Gasteiger partial charge in [0.25, 0.3) is 5.69 Å². The van der Waals surface area contributed by atoms with E-state index in [0.29, 0.717) is 18.3 Å². The second-order valence-corrected chi connectivity index (χ2v) is 3.66. The first-order chi connectivity index (χ1) is 7.63. The van der Waals surface area contributed by atoms with Gasteiger partial charge in [-0.25, -0.2) is 4.98 Å². The summed E-state index contributed by atoms with van der Waals surface area (Å²) < 4.78 is 0. The summed E-state index contributed by atoms with van der Waals surface area (Å²) in [6, 6.07) is 2.98. The average molecular weight is 225 g/mol. The van der Waals surface area contributed by atoms with Gasteiger partial charge in [-0.15, -0.1) is 0 Å². The maximum absolute atomic E-state index is 10.4. The molecule has 1 aromatic rings. The molecular formula is C10H15N3O3. The van der Waals surface area contributed by atoms with Gasteiger partial charge in [0.2, 0.25) is 0 Å². The molecule has 0 radical (unpaired) electrons. The molecule has 16 heavy (non-hydrogen) atoms. The normalized spacial score (nSPS) is 12.1. The van der Waals surface area contributed by atoms with Crippen molar-refractivity contribution in [2.45, 2.75) is 13.3 Å². The highest BCUT2D eigenvalue weighted by atomic mass is 16.6. The van der Waals surface area contributed by atoms with E-state index < -0.39 is 4.92 Å². The third kappa shape index (κ3) is 3.82. The summed E-state index contributed by atoms with van der Waals surface area (Å²) >= 11 is 0. The molecule has 1 rings (SSSR count). The van der Waals surface area contributed by atoms with Crippen molar-refractivity contribution in [1.82, 2.24) is 4.98 Å². The van der Waals surface area contributed by atoms with Crippen LogP contribution in [0, 0.1) is 16.0 Å². The highest BCUT2D eigenvalue weighted by Gasteiger charge is 2.06. The molecule has 1 heterocycles. The molecule has 6 heteroatoms. The third-order valence-electron chi connectivity index (χ3n) is 2.21. The zero-order valence-electron chi connectivity index (χ0n) is 9.09. The van der Waals surface area contributed by atoms with E-state index in [-0.39, 0.29) is 12.3 Å². The lowest BCUT2D eigenvalue weighted by Gasteiger charge is -2.10. The van der Waals surface area contributed by atoms with Crippen molar-refractivity contribution in [3.8, 4) is 0 Å². The van der Waals surface area contributed by atoms with E-state index >= 15 is 0 Å². The highest BCUT2D eigenvalue weighted by molar-refractivity contribution is 5.39. The van der Waals surface area contributed by atoms with Crippen LogP contribution < -0.4 is 5.32 Å². The largest absolute Gasteiger partial charge is 0.396 e. The summed E-state index contributed by atoms with van der Waals surface area (Å²) in [7, 11) is 0. The Bertz CT molecular complexity index is 340. The molecule has 0 aliphatic rings. The summed E-state index contributed by atoms with van der Waals surface area (Å²) in [4.78, 5) is 13.8. The quantitative estimate of drug-likeness (QED) is 0.564. The number of rotatable bonds is 6. The van der Waals surface area contributed by atoms with Gasteiger partial charge in [0, 0.05) is 19.2 Å². The zero-order valence-corrected chi connectivity index (χ0v) is 9.09. The zero-order chi connectivity index (χ0) is 12.0. The number of pyridine rings is 1. The van der Waals surface area contributed by atoms with E-state index in [0.717, 1.165) is 6.42 Å². The number of anilines is 1. The minimum Gasteiger partial charge on any atom is -0.396 e. The smallest absolute Gasteiger partial charge is 0.287 e. The molecule has 1 unspecified atom stereocenters. The molecule has 0 amide bonds. The van der Waals surface area contributed by atoms with Crippen molar-refractivity contribution in [2.24, 2.45) is 5.92 Å². The van der Waals surface area contributed by atoms with E-state index in [4.69, 9.17) is 5.11 Å². The van der Waals surface area contributed by atoms with Crippen molar-refractivity contribution in [3.05, 3.63) is 28.4 Å². The number of hydrogen-bond donors (Lipinski definition) is 2. The number of aliphatic hydroxyl groups is 1. The van der Waals surface area contributed by atoms with Gasteiger partial charge < -0.3 is 10.4 Å². The molecule has 0 fully saturated rings. The van der Waals surface area contributed by atoms with Crippen LogP contribution in [0.3, 0.4) is 0 Å². The van der Waals surface area contributed by atoms with E-state index in [1.165, 1.54) is 12.3 Å². The maximum Gasteiger partial charge on any atom is 0.287 e. The van der Waals surface area contributed by atoms with Gasteiger partial charge in [-0.1, -0.05) is 6.92 Å². The van der Waals surface area contributed by atoms with Crippen LogP contribution in [0.25, 0.3) is 0 Å². The van der Waals surface area contributed by atoms with Crippen LogP contribution in [0.15, 0.2) is 18.3 Å². The molecule has 1 aromatic heterocycles. The molecule has 0 saturated heterocycles. The highest BCUT2D eigenvalue weighted by Crippen LogP contribution is 2.12.